The molecule has 0 saturated heterocycles. The summed E-state index contributed by atoms with van der Waals surface area (Å²) in [5.74, 6) is -1.33. The first-order valence-electron chi connectivity index (χ1n) is 4.94. The minimum atomic E-state index is -4.48. The van der Waals surface area contributed by atoms with Crippen molar-refractivity contribution >= 4 is 21.8 Å². The highest BCUT2D eigenvalue weighted by Gasteiger charge is 2.22. The Morgan fingerprint density at radius 1 is 1.44 bits per heavy atom. The second-order valence-electron chi connectivity index (χ2n) is 3.64. The van der Waals surface area contributed by atoms with Gasteiger partial charge in [-0.25, -0.2) is 4.79 Å². The van der Waals surface area contributed by atoms with Crippen LogP contribution in [0.25, 0.3) is 0 Å². The molecule has 0 aliphatic carbocycles. The van der Waals surface area contributed by atoms with Crippen molar-refractivity contribution in [2.75, 3.05) is 11.9 Å². The molecule has 100 valence electrons. The Hall–Kier alpha value is -1.64. The standard InChI is InChI=1S/C10H13NO6S/c1-6-3-2-4-7(9(6)18(15,16)17)11-8(5-12)10(13)14/h2-4,8,11-12H,5H2,1H3,(H,13,14)(H,15,16,17). The van der Waals surface area contributed by atoms with Crippen LogP contribution in [0.4, 0.5) is 5.69 Å². The van der Waals surface area contributed by atoms with Crippen LogP contribution in [0.1, 0.15) is 5.56 Å². The van der Waals surface area contributed by atoms with Gasteiger partial charge >= 0.3 is 5.97 Å². The lowest BCUT2D eigenvalue weighted by atomic mass is 10.2. The third kappa shape index (κ3) is 3.19. The quantitative estimate of drug-likeness (QED) is 0.562. The summed E-state index contributed by atoms with van der Waals surface area (Å²) < 4.78 is 31.5. The smallest absolute Gasteiger partial charge is 0.328 e. The van der Waals surface area contributed by atoms with E-state index in [2.05, 4.69) is 5.32 Å². The van der Waals surface area contributed by atoms with E-state index < -0.39 is 33.6 Å². The summed E-state index contributed by atoms with van der Waals surface area (Å²) in [4.78, 5) is 10.3. The summed E-state index contributed by atoms with van der Waals surface area (Å²) >= 11 is 0. The number of hydrogen-bond donors (Lipinski definition) is 4. The summed E-state index contributed by atoms with van der Waals surface area (Å²) in [5, 5.41) is 20.0. The number of aliphatic carboxylic acids is 1. The lowest BCUT2D eigenvalue weighted by Crippen LogP contribution is -2.33. The molecule has 0 aliphatic heterocycles. The molecule has 1 unspecified atom stereocenters. The van der Waals surface area contributed by atoms with E-state index in [-0.39, 0.29) is 11.3 Å². The molecule has 0 heterocycles. The average molecular weight is 275 g/mol. The number of aliphatic hydroxyl groups excluding tert-OH is 1. The van der Waals surface area contributed by atoms with Crippen molar-refractivity contribution in [3.05, 3.63) is 23.8 Å². The summed E-state index contributed by atoms with van der Waals surface area (Å²) in [6, 6.07) is 2.92. The van der Waals surface area contributed by atoms with Crippen molar-refractivity contribution in [1.29, 1.82) is 0 Å². The van der Waals surface area contributed by atoms with E-state index in [1.807, 2.05) is 0 Å². The van der Waals surface area contributed by atoms with Gasteiger partial charge in [0.15, 0.2) is 0 Å². The number of carbonyl (C=O) groups is 1. The molecule has 1 atom stereocenters. The molecule has 18 heavy (non-hydrogen) atoms. The molecule has 1 aromatic carbocycles. The van der Waals surface area contributed by atoms with Crippen molar-refractivity contribution in [3.63, 3.8) is 0 Å². The summed E-state index contributed by atoms with van der Waals surface area (Å²) in [6.07, 6.45) is 0. The first-order valence-corrected chi connectivity index (χ1v) is 6.38. The number of hydrogen-bond acceptors (Lipinski definition) is 5. The van der Waals surface area contributed by atoms with E-state index in [0.29, 0.717) is 0 Å². The van der Waals surface area contributed by atoms with Gasteiger partial charge in [-0.15, -0.1) is 0 Å². The van der Waals surface area contributed by atoms with E-state index in [0.717, 1.165) is 0 Å². The molecule has 0 aromatic heterocycles. The van der Waals surface area contributed by atoms with Gasteiger partial charge in [0.25, 0.3) is 10.1 Å². The van der Waals surface area contributed by atoms with Crippen LogP contribution in [0.15, 0.2) is 23.1 Å². The SMILES string of the molecule is Cc1cccc(NC(CO)C(=O)O)c1S(=O)(=O)O. The molecule has 4 N–H and O–H groups in total. The van der Waals surface area contributed by atoms with Gasteiger partial charge in [-0.2, -0.15) is 8.42 Å². The molecular weight excluding hydrogens is 262 g/mol. The Labute approximate surface area is 104 Å². The van der Waals surface area contributed by atoms with Crippen LogP contribution in [0.3, 0.4) is 0 Å². The molecule has 0 aliphatic rings. The molecule has 0 spiro atoms. The highest BCUT2D eigenvalue weighted by Crippen LogP contribution is 2.25. The minimum absolute atomic E-state index is 0.0704. The summed E-state index contributed by atoms with van der Waals surface area (Å²) in [7, 11) is -4.48. The normalized spacial score (nSPS) is 13.1. The van der Waals surface area contributed by atoms with Gasteiger partial charge in [-0.1, -0.05) is 12.1 Å². The summed E-state index contributed by atoms with van der Waals surface area (Å²) in [6.45, 7) is 0.747. The van der Waals surface area contributed by atoms with Crippen molar-refractivity contribution in [1.82, 2.24) is 0 Å². The van der Waals surface area contributed by atoms with Crippen LogP contribution in [-0.4, -0.2) is 41.8 Å². The predicted octanol–water partition coefficient (Wildman–Crippen LogP) is 0.0991. The Kier molecular flexibility index (Phi) is 4.28. The lowest BCUT2D eigenvalue weighted by molar-refractivity contribution is -0.138. The molecule has 8 heteroatoms. The average Bonchev–Trinajstić information content (AvgIpc) is 2.23. The zero-order valence-electron chi connectivity index (χ0n) is 9.49. The summed E-state index contributed by atoms with van der Waals surface area (Å²) in [5.41, 5.74) is 0.198. The van der Waals surface area contributed by atoms with Gasteiger partial charge in [-0.3, -0.25) is 4.55 Å². The molecular formula is C10H13NO6S. The number of anilines is 1. The maximum absolute atomic E-state index is 11.2. The van der Waals surface area contributed by atoms with Gasteiger partial charge < -0.3 is 15.5 Å². The van der Waals surface area contributed by atoms with Crippen molar-refractivity contribution < 1.29 is 28.0 Å². The molecule has 1 rings (SSSR count). The van der Waals surface area contributed by atoms with Crippen LogP contribution < -0.4 is 5.32 Å². The Bertz CT molecular complexity index is 553. The monoisotopic (exact) mass is 275 g/mol. The molecule has 0 fully saturated rings. The maximum atomic E-state index is 11.2. The third-order valence-corrected chi connectivity index (χ3v) is 3.34. The second kappa shape index (κ2) is 5.34. The van der Waals surface area contributed by atoms with Crippen molar-refractivity contribution in [2.45, 2.75) is 17.9 Å². The number of benzene rings is 1. The van der Waals surface area contributed by atoms with Crippen LogP contribution in [-0.2, 0) is 14.9 Å². The molecule has 7 nitrogen and oxygen atoms in total. The number of carboxylic acids is 1. The molecule has 0 saturated carbocycles. The van der Waals surface area contributed by atoms with E-state index in [1.54, 1.807) is 0 Å². The number of aliphatic hydroxyl groups is 1. The highest BCUT2D eigenvalue weighted by atomic mass is 32.2. The van der Waals surface area contributed by atoms with E-state index >= 15 is 0 Å². The van der Waals surface area contributed by atoms with Gasteiger partial charge in [-0.05, 0) is 18.6 Å². The molecule has 0 amide bonds. The predicted molar refractivity (Wildman–Crippen MR) is 63.1 cm³/mol. The largest absolute Gasteiger partial charge is 0.480 e. The fourth-order valence-electron chi connectivity index (χ4n) is 1.48. The number of carboxylic acid groups (broad SMARTS) is 1. The number of nitrogens with one attached hydrogen (secondary N) is 1. The zero-order chi connectivity index (χ0) is 13.9. The first kappa shape index (κ1) is 14.4. The van der Waals surface area contributed by atoms with Gasteiger partial charge in [0.05, 0.1) is 12.3 Å². The van der Waals surface area contributed by atoms with Crippen molar-refractivity contribution in [3.8, 4) is 0 Å². The van der Waals surface area contributed by atoms with Crippen LogP contribution in [0, 0.1) is 6.92 Å². The molecule has 1 aromatic rings. The number of aryl methyl sites for hydroxylation is 1. The maximum Gasteiger partial charge on any atom is 0.328 e. The van der Waals surface area contributed by atoms with Crippen molar-refractivity contribution in [2.24, 2.45) is 0 Å². The van der Waals surface area contributed by atoms with E-state index in [9.17, 15) is 13.2 Å². The highest BCUT2D eigenvalue weighted by molar-refractivity contribution is 7.86. The second-order valence-corrected chi connectivity index (χ2v) is 5.00. The van der Waals surface area contributed by atoms with Crippen LogP contribution >= 0.6 is 0 Å². The third-order valence-electron chi connectivity index (χ3n) is 2.28. The van der Waals surface area contributed by atoms with Gasteiger partial charge in [0.2, 0.25) is 0 Å². The van der Waals surface area contributed by atoms with Gasteiger partial charge in [0, 0.05) is 0 Å². The lowest BCUT2D eigenvalue weighted by Gasteiger charge is -2.16. The van der Waals surface area contributed by atoms with Crippen LogP contribution in [0.2, 0.25) is 0 Å². The van der Waals surface area contributed by atoms with Crippen LogP contribution in [0.5, 0.6) is 0 Å². The fraction of sp³-hybridized carbons (Fsp3) is 0.300. The molecule has 0 radical (unpaired) electrons. The van der Waals surface area contributed by atoms with Gasteiger partial charge in [0.1, 0.15) is 10.9 Å². The Morgan fingerprint density at radius 2 is 2.06 bits per heavy atom. The Balaban J connectivity index is 3.26. The fourth-order valence-corrected chi connectivity index (χ4v) is 2.36. The molecule has 0 bridgehead atoms. The minimum Gasteiger partial charge on any atom is -0.480 e. The first-order chi connectivity index (χ1) is 8.27. The number of rotatable bonds is 5. The zero-order valence-corrected chi connectivity index (χ0v) is 10.3. The van der Waals surface area contributed by atoms with E-state index in [4.69, 9.17) is 14.8 Å². The topological polar surface area (TPSA) is 124 Å². The Morgan fingerprint density at radius 3 is 2.50 bits per heavy atom. The van der Waals surface area contributed by atoms with E-state index in [1.165, 1.54) is 25.1 Å².